The lowest BCUT2D eigenvalue weighted by molar-refractivity contribution is -0.122. The van der Waals surface area contributed by atoms with E-state index < -0.39 is 16.1 Å². The van der Waals surface area contributed by atoms with Crippen molar-refractivity contribution in [3.8, 4) is 0 Å². The average Bonchev–Trinajstić information content (AvgIpc) is 2.76. The van der Waals surface area contributed by atoms with E-state index in [1.807, 2.05) is 32.0 Å². The van der Waals surface area contributed by atoms with Gasteiger partial charge in [0.1, 0.15) is 6.04 Å². The molecule has 0 radical (unpaired) electrons. The number of hydrogen-bond donors (Lipinski definition) is 1. The van der Waals surface area contributed by atoms with Gasteiger partial charge in [-0.1, -0.05) is 31.2 Å². The molecular weight excluding hydrogens is 312 g/mol. The molecule has 0 fully saturated rings. The molecule has 1 amide bonds. The van der Waals surface area contributed by atoms with E-state index in [0.717, 1.165) is 11.8 Å². The quantitative estimate of drug-likeness (QED) is 0.936. The molecule has 1 aliphatic heterocycles. The molecule has 0 saturated carbocycles. The maximum Gasteiger partial charge on any atom is 0.265 e. The van der Waals surface area contributed by atoms with E-state index in [2.05, 4.69) is 5.32 Å². The predicted octanol–water partition coefficient (Wildman–Crippen LogP) is 2.65. The second kappa shape index (κ2) is 5.53. The molecule has 2 atom stereocenters. The standard InChI is InChI=1S/C17H20N2O3S/c1-4-11(2)18-17(20)12(3)19-14-9-5-7-13-8-6-10-15(16(13)14)23(19,21)22/h5-12H,4H2,1-3H3,(H,18,20)/t11-,12-/m0/s1. The normalized spacial score (nSPS) is 18.0. The highest BCUT2D eigenvalue weighted by atomic mass is 32.2. The molecule has 3 rings (SSSR count). The first-order chi connectivity index (χ1) is 10.9. The number of nitrogens with zero attached hydrogens (tertiary/aromatic N) is 1. The number of carbonyl (C=O) groups is 1. The number of anilines is 1. The Morgan fingerprint density at radius 1 is 1.17 bits per heavy atom. The second-order valence-corrected chi connectivity index (χ2v) is 7.71. The zero-order valence-corrected chi connectivity index (χ0v) is 14.2. The molecule has 2 aromatic rings. The van der Waals surface area contributed by atoms with Gasteiger partial charge < -0.3 is 5.32 Å². The van der Waals surface area contributed by atoms with Crippen LogP contribution in [0.5, 0.6) is 0 Å². The lowest BCUT2D eigenvalue weighted by Crippen LogP contribution is -2.48. The summed E-state index contributed by atoms with van der Waals surface area (Å²) in [6.45, 7) is 5.50. The molecule has 23 heavy (non-hydrogen) atoms. The summed E-state index contributed by atoms with van der Waals surface area (Å²) >= 11 is 0. The summed E-state index contributed by atoms with van der Waals surface area (Å²) in [5.74, 6) is -0.285. The van der Waals surface area contributed by atoms with Crippen LogP contribution in [0.25, 0.3) is 10.8 Å². The summed E-state index contributed by atoms with van der Waals surface area (Å²) in [6.07, 6.45) is 0.793. The van der Waals surface area contributed by atoms with Crippen LogP contribution in [0.1, 0.15) is 27.2 Å². The van der Waals surface area contributed by atoms with Gasteiger partial charge in [0.05, 0.1) is 10.6 Å². The Bertz CT molecular complexity index is 871. The number of benzene rings is 2. The first kappa shape index (κ1) is 15.8. The molecule has 5 nitrogen and oxygen atoms in total. The van der Waals surface area contributed by atoms with Crippen molar-refractivity contribution in [3.05, 3.63) is 36.4 Å². The van der Waals surface area contributed by atoms with Crippen LogP contribution in [0.3, 0.4) is 0 Å². The number of sulfonamides is 1. The Morgan fingerprint density at radius 3 is 2.48 bits per heavy atom. The fourth-order valence-electron chi connectivity index (χ4n) is 2.91. The summed E-state index contributed by atoms with van der Waals surface area (Å²) in [6, 6.07) is 9.86. The van der Waals surface area contributed by atoms with Gasteiger partial charge in [0.15, 0.2) is 0 Å². The molecule has 0 bridgehead atoms. The van der Waals surface area contributed by atoms with E-state index in [4.69, 9.17) is 0 Å². The minimum Gasteiger partial charge on any atom is -0.352 e. The maximum atomic E-state index is 12.9. The van der Waals surface area contributed by atoms with Gasteiger partial charge >= 0.3 is 0 Å². The molecule has 1 aliphatic rings. The van der Waals surface area contributed by atoms with Crippen LogP contribution in [0.4, 0.5) is 5.69 Å². The topological polar surface area (TPSA) is 66.5 Å². The largest absolute Gasteiger partial charge is 0.352 e. The minimum atomic E-state index is -3.71. The molecule has 1 heterocycles. The molecule has 2 aromatic carbocycles. The Hall–Kier alpha value is -2.08. The minimum absolute atomic E-state index is 0.00780. The molecular formula is C17H20N2O3S. The van der Waals surface area contributed by atoms with Gasteiger partial charge in [-0.15, -0.1) is 0 Å². The molecule has 0 saturated heterocycles. The number of amides is 1. The Kier molecular flexibility index (Phi) is 3.80. The van der Waals surface area contributed by atoms with Crippen molar-refractivity contribution in [1.82, 2.24) is 5.32 Å². The molecule has 0 aromatic heterocycles. The number of nitrogens with one attached hydrogen (secondary N) is 1. The SMILES string of the molecule is CC[C@H](C)NC(=O)[C@H](C)N1c2cccc3cccc(c23)S1(=O)=O. The van der Waals surface area contributed by atoms with Gasteiger partial charge in [-0.3, -0.25) is 9.10 Å². The second-order valence-electron chi connectivity index (χ2n) is 5.93. The number of hydrogen-bond acceptors (Lipinski definition) is 3. The first-order valence-corrected chi connectivity index (χ1v) is 9.18. The van der Waals surface area contributed by atoms with Crippen LogP contribution in [-0.2, 0) is 14.8 Å². The molecule has 0 aliphatic carbocycles. The van der Waals surface area contributed by atoms with Crippen molar-refractivity contribution in [3.63, 3.8) is 0 Å². The first-order valence-electron chi connectivity index (χ1n) is 7.74. The lowest BCUT2D eigenvalue weighted by Gasteiger charge is -2.26. The summed E-state index contributed by atoms with van der Waals surface area (Å²) in [7, 11) is -3.71. The summed E-state index contributed by atoms with van der Waals surface area (Å²) in [5, 5.41) is 4.41. The molecule has 0 spiro atoms. The fourth-order valence-corrected chi connectivity index (χ4v) is 4.78. The summed E-state index contributed by atoms with van der Waals surface area (Å²) < 4.78 is 27.1. The maximum absolute atomic E-state index is 12.9. The van der Waals surface area contributed by atoms with Gasteiger partial charge in [0, 0.05) is 11.4 Å². The van der Waals surface area contributed by atoms with Crippen molar-refractivity contribution < 1.29 is 13.2 Å². The highest BCUT2D eigenvalue weighted by Crippen LogP contribution is 2.43. The third-order valence-electron chi connectivity index (χ3n) is 4.35. The van der Waals surface area contributed by atoms with Gasteiger partial charge in [0.2, 0.25) is 5.91 Å². The summed E-state index contributed by atoms with van der Waals surface area (Å²) in [4.78, 5) is 12.7. The highest BCUT2D eigenvalue weighted by molar-refractivity contribution is 7.93. The van der Waals surface area contributed by atoms with Gasteiger partial charge in [-0.05, 0) is 37.8 Å². The van der Waals surface area contributed by atoms with E-state index in [1.165, 1.54) is 4.31 Å². The zero-order chi connectivity index (χ0) is 16.8. The van der Waals surface area contributed by atoms with Crippen molar-refractivity contribution in [2.45, 2.75) is 44.2 Å². The van der Waals surface area contributed by atoms with Crippen LogP contribution >= 0.6 is 0 Å². The third kappa shape index (κ3) is 2.37. The molecule has 1 N–H and O–H groups in total. The Labute approximate surface area is 136 Å². The Morgan fingerprint density at radius 2 is 1.83 bits per heavy atom. The van der Waals surface area contributed by atoms with Crippen molar-refractivity contribution in [2.24, 2.45) is 0 Å². The van der Waals surface area contributed by atoms with Crippen LogP contribution in [-0.4, -0.2) is 26.4 Å². The summed E-state index contributed by atoms with van der Waals surface area (Å²) in [5.41, 5.74) is 0.574. The van der Waals surface area contributed by atoms with Crippen LogP contribution in [0.2, 0.25) is 0 Å². The zero-order valence-electron chi connectivity index (χ0n) is 13.4. The smallest absolute Gasteiger partial charge is 0.265 e. The van der Waals surface area contributed by atoms with E-state index in [0.29, 0.717) is 11.1 Å². The van der Waals surface area contributed by atoms with E-state index in [1.54, 1.807) is 25.1 Å². The van der Waals surface area contributed by atoms with Gasteiger partial charge in [-0.25, -0.2) is 8.42 Å². The van der Waals surface area contributed by atoms with Crippen molar-refractivity contribution in [2.75, 3.05) is 4.31 Å². The number of carbonyl (C=O) groups excluding carboxylic acids is 1. The average molecular weight is 332 g/mol. The molecule has 6 heteroatoms. The van der Waals surface area contributed by atoms with E-state index in [9.17, 15) is 13.2 Å². The van der Waals surface area contributed by atoms with Crippen molar-refractivity contribution >= 4 is 32.4 Å². The van der Waals surface area contributed by atoms with E-state index >= 15 is 0 Å². The van der Waals surface area contributed by atoms with E-state index in [-0.39, 0.29) is 16.8 Å². The monoisotopic (exact) mass is 332 g/mol. The van der Waals surface area contributed by atoms with Crippen LogP contribution in [0.15, 0.2) is 41.3 Å². The predicted molar refractivity (Wildman–Crippen MR) is 91.0 cm³/mol. The Balaban J connectivity index is 2.08. The molecule has 122 valence electrons. The number of rotatable bonds is 4. The highest BCUT2D eigenvalue weighted by Gasteiger charge is 2.40. The third-order valence-corrected chi connectivity index (χ3v) is 6.28. The van der Waals surface area contributed by atoms with Gasteiger partial charge in [-0.2, -0.15) is 0 Å². The lowest BCUT2D eigenvalue weighted by atomic mass is 10.1. The fraction of sp³-hybridized carbons (Fsp3) is 0.353. The van der Waals surface area contributed by atoms with Crippen LogP contribution < -0.4 is 9.62 Å². The van der Waals surface area contributed by atoms with Gasteiger partial charge in [0.25, 0.3) is 10.0 Å². The van der Waals surface area contributed by atoms with Crippen LogP contribution in [0, 0.1) is 0 Å². The van der Waals surface area contributed by atoms with Crippen molar-refractivity contribution in [1.29, 1.82) is 0 Å². The molecule has 0 unspecified atom stereocenters.